The van der Waals surface area contributed by atoms with E-state index in [4.69, 9.17) is 11.6 Å². The van der Waals surface area contributed by atoms with Crippen LogP contribution in [-0.2, 0) is 13.2 Å². The van der Waals surface area contributed by atoms with Gasteiger partial charge in [0.1, 0.15) is 17.3 Å². The first kappa shape index (κ1) is 13.8. The van der Waals surface area contributed by atoms with E-state index in [1.54, 1.807) is 0 Å². The van der Waals surface area contributed by atoms with Crippen LogP contribution in [0.5, 0.6) is 0 Å². The molecule has 1 aromatic carbocycles. The summed E-state index contributed by atoms with van der Waals surface area (Å²) in [4.78, 5) is 0. The summed E-state index contributed by atoms with van der Waals surface area (Å²) >= 11 is 5.60. The minimum Gasteiger partial charge on any atom is -0.262 e. The summed E-state index contributed by atoms with van der Waals surface area (Å²) in [6.07, 6.45) is -4.71. The lowest BCUT2D eigenvalue weighted by molar-refractivity contribution is -0.143. The molecule has 8 heteroatoms. The summed E-state index contributed by atoms with van der Waals surface area (Å²) in [5.41, 5.74) is -1.86. The Labute approximate surface area is 109 Å². The van der Waals surface area contributed by atoms with Crippen LogP contribution in [0.2, 0.25) is 5.02 Å². The van der Waals surface area contributed by atoms with E-state index in [1.807, 2.05) is 0 Å². The van der Waals surface area contributed by atoms with Gasteiger partial charge in [0.15, 0.2) is 5.69 Å². The summed E-state index contributed by atoms with van der Waals surface area (Å²) in [5, 5.41) is 2.82. The van der Waals surface area contributed by atoms with Gasteiger partial charge in [0.25, 0.3) is 0 Å². The summed E-state index contributed by atoms with van der Waals surface area (Å²) in [6.45, 7) is 0. The highest BCUT2D eigenvalue weighted by molar-refractivity contribution is 6.33. The van der Waals surface area contributed by atoms with E-state index in [2.05, 4.69) is 5.10 Å². The number of nitrogens with zero attached hydrogens (tertiary/aromatic N) is 2. The summed E-state index contributed by atoms with van der Waals surface area (Å²) in [5.74, 6) is -1.88. The van der Waals surface area contributed by atoms with Gasteiger partial charge in [-0.05, 0) is 12.1 Å². The lowest BCUT2D eigenvalue weighted by atomic mass is 10.1. The molecule has 0 fully saturated rings. The minimum absolute atomic E-state index is 0.294. The number of aryl methyl sites for hydroxylation is 1. The summed E-state index contributed by atoms with van der Waals surface area (Å²) in [6, 6.07) is 2.45. The Bertz CT molecular complexity index is 633. The fourth-order valence-electron chi connectivity index (χ4n) is 1.66. The Morgan fingerprint density at radius 3 is 2.32 bits per heavy atom. The van der Waals surface area contributed by atoms with E-state index in [0.717, 1.165) is 19.2 Å². The third kappa shape index (κ3) is 2.42. The first-order valence-electron chi connectivity index (χ1n) is 4.97. The van der Waals surface area contributed by atoms with Gasteiger partial charge in [-0.25, -0.2) is 8.78 Å². The monoisotopic (exact) mass is 296 g/mol. The highest BCUT2D eigenvalue weighted by Crippen LogP contribution is 2.39. The fraction of sp³-hybridized carbons (Fsp3) is 0.182. The second kappa shape index (κ2) is 4.48. The Morgan fingerprint density at radius 1 is 1.21 bits per heavy atom. The Hall–Kier alpha value is -1.63. The van der Waals surface area contributed by atoms with Gasteiger partial charge < -0.3 is 0 Å². The quantitative estimate of drug-likeness (QED) is 0.726. The average molecular weight is 297 g/mol. The highest BCUT2D eigenvalue weighted by Gasteiger charge is 2.39. The van der Waals surface area contributed by atoms with E-state index in [9.17, 15) is 22.0 Å². The smallest absolute Gasteiger partial charge is 0.262 e. The number of alkyl halides is 3. The van der Waals surface area contributed by atoms with Crippen LogP contribution in [0, 0.1) is 11.6 Å². The van der Waals surface area contributed by atoms with E-state index < -0.39 is 28.5 Å². The van der Waals surface area contributed by atoms with Crippen LogP contribution in [0.1, 0.15) is 5.69 Å². The van der Waals surface area contributed by atoms with E-state index in [0.29, 0.717) is 10.7 Å². The minimum atomic E-state index is -4.71. The van der Waals surface area contributed by atoms with E-state index in [1.165, 1.54) is 0 Å². The standard InChI is InChI=1S/C11H6ClF5N2/c1-19-10(11(15,16)17)8(12)9(18-19)6-3-2-5(13)4-7(6)14/h2-4H,1H3. The number of benzene rings is 1. The van der Waals surface area contributed by atoms with Crippen molar-refractivity contribution in [2.45, 2.75) is 6.18 Å². The van der Waals surface area contributed by atoms with Crippen molar-refractivity contribution in [3.63, 3.8) is 0 Å². The average Bonchev–Trinajstić information content (AvgIpc) is 2.53. The van der Waals surface area contributed by atoms with Crippen molar-refractivity contribution in [1.82, 2.24) is 9.78 Å². The van der Waals surface area contributed by atoms with Crippen molar-refractivity contribution in [1.29, 1.82) is 0 Å². The van der Waals surface area contributed by atoms with Crippen LogP contribution in [0.15, 0.2) is 18.2 Å². The van der Waals surface area contributed by atoms with Gasteiger partial charge in [-0.1, -0.05) is 11.6 Å². The maximum Gasteiger partial charge on any atom is 0.434 e. The van der Waals surface area contributed by atoms with Gasteiger partial charge in [-0.15, -0.1) is 0 Å². The molecule has 2 rings (SSSR count). The molecule has 0 aliphatic carbocycles. The third-order valence-corrected chi connectivity index (χ3v) is 2.80. The van der Waals surface area contributed by atoms with Gasteiger partial charge in [0.05, 0.1) is 5.02 Å². The Morgan fingerprint density at radius 2 is 1.84 bits per heavy atom. The molecule has 102 valence electrons. The molecular weight excluding hydrogens is 291 g/mol. The van der Waals surface area contributed by atoms with Crippen molar-refractivity contribution >= 4 is 11.6 Å². The Kier molecular flexibility index (Phi) is 3.25. The molecule has 0 aliphatic heterocycles. The molecule has 19 heavy (non-hydrogen) atoms. The Balaban J connectivity index is 2.65. The molecule has 0 saturated heterocycles. The van der Waals surface area contributed by atoms with Gasteiger partial charge >= 0.3 is 6.18 Å². The lowest BCUT2D eigenvalue weighted by Crippen LogP contribution is -2.12. The van der Waals surface area contributed by atoms with Crippen LogP contribution < -0.4 is 0 Å². The molecule has 0 amide bonds. The van der Waals surface area contributed by atoms with Crippen LogP contribution in [0.3, 0.4) is 0 Å². The normalized spacial score (nSPS) is 11.9. The highest BCUT2D eigenvalue weighted by atomic mass is 35.5. The van der Waals surface area contributed by atoms with Crippen LogP contribution >= 0.6 is 11.6 Å². The lowest BCUT2D eigenvalue weighted by Gasteiger charge is -2.06. The number of rotatable bonds is 1. The molecule has 2 aromatic rings. The second-order valence-corrected chi connectivity index (χ2v) is 4.13. The molecule has 0 aliphatic rings. The molecule has 1 aromatic heterocycles. The first-order chi connectivity index (χ1) is 8.71. The molecule has 1 heterocycles. The first-order valence-corrected chi connectivity index (χ1v) is 5.34. The topological polar surface area (TPSA) is 17.8 Å². The van der Waals surface area contributed by atoms with Crippen molar-refractivity contribution in [2.75, 3.05) is 0 Å². The molecule has 0 saturated carbocycles. The van der Waals surface area contributed by atoms with Crippen molar-refractivity contribution in [2.24, 2.45) is 7.05 Å². The molecule has 2 nitrogen and oxygen atoms in total. The number of hydrogen-bond acceptors (Lipinski definition) is 1. The van der Waals surface area contributed by atoms with Crippen LogP contribution in [0.4, 0.5) is 22.0 Å². The number of hydrogen-bond donors (Lipinski definition) is 0. The molecule has 0 spiro atoms. The molecule has 0 bridgehead atoms. The third-order valence-electron chi connectivity index (χ3n) is 2.44. The predicted molar refractivity (Wildman–Crippen MR) is 58.6 cm³/mol. The van der Waals surface area contributed by atoms with Crippen LogP contribution in [0.25, 0.3) is 11.3 Å². The van der Waals surface area contributed by atoms with Crippen molar-refractivity contribution < 1.29 is 22.0 Å². The number of aromatic nitrogens is 2. The fourth-order valence-corrected chi connectivity index (χ4v) is 2.03. The molecule has 0 radical (unpaired) electrons. The second-order valence-electron chi connectivity index (χ2n) is 3.76. The zero-order valence-electron chi connectivity index (χ0n) is 9.39. The van der Waals surface area contributed by atoms with Gasteiger partial charge in [-0.2, -0.15) is 18.3 Å². The molecule has 0 N–H and O–H groups in total. The van der Waals surface area contributed by atoms with E-state index in [-0.39, 0.29) is 11.3 Å². The summed E-state index contributed by atoms with van der Waals surface area (Å²) in [7, 11) is 1.04. The van der Waals surface area contributed by atoms with Gasteiger partial charge in [0, 0.05) is 18.7 Å². The SMILES string of the molecule is Cn1nc(-c2ccc(F)cc2F)c(Cl)c1C(F)(F)F. The number of halogens is 6. The zero-order chi connectivity index (χ0) is 14.4. The van der Waals surface area contributed by atoms with Gasteiger partial charge in [-0.3, -0.25) is 4.68 Å². The molecular formula is C11H6ClF5N2. The largest absolute Gasteiger partial charge is 0.434 e. The van der Waals surface area contributed by atoms with E-state index >= 15 is 0 Å². The van der Waals surface area contributed by atoms with Crippen LogP contribution in [-0.4, -0.2) is 9.78 Å². The molecule has 0 atom stereocenters. The predicted octanol–water partition coefficient (Wildman–Crippen LogP) is 4.04. The summed E-state index contributed by atoms with van der Waals surface area (Å²) < 4.78 is 64.9. The molecule has 0 unspecified atom stereocenters. The maximum absolute atomic E-state index is 13.5. The van der Waals surface area contributed by atoms with Crippen molar-refractivity contribution in [3.8, 4) is 11.3 Å². The maximum atomic E-state index is 13.5. The van der Waals surface area contributed by atoms with Gasteiger partial charge in [0.2, 0.25) is 0 Å². The van der Waals surface area contributed by atoms with Crippen molar-refractivity contribution in [3.05, 3.63) is 40.6 Å². The zero-order valence-corrected chi connectivity index (χ0v) is 10.2.